The summed E-state index contributed by atoms with van der Waals surface area (Å²) in [5.41, 5.74) is 1.28. The molecular formula is C21H22FNO4S. The Balaban J connectivity index is 1.81. The summed E-state index contributed by atoms with van der Waals surface area (Å²) in [4.78, 5) is 12.1. The number of benzene rings is 1. The fraction of sp³-hybridized carbons (Fsp3) is 0.381. The lowest BCUT2D eigenvalue weighted by molar-refractivity contribution is -0.144. The predicted molar refractivity (Wildman–Crippen MR) is 105 cm³/mol. The number of rotatable bonds is 5. The van der Waals surface area contributed by atoms with Crippen LogP contribution in [-0.4, -0.2) is 29.7 Å². The standard InChI is InChI=1S/C21H22FNO4S/c1-3-27-20(24)16-12-15(16)17-13-23(18-9-5-4-8-14(17)18)28(25,26)21(2)11-7-6-10-19(21)22/h4-10,13,15-16H,3,11-12H2,1-2H3/t15-,16-,21?/m1/s1. The van der Waals surface area contributed by atoms with E-state index >= 15 is 0 Å². The van der Waals surface area contributed by atoms with Crippen molar-refractivity contribution in [3.05, 3.63) is 60.1 Å². The Kier molecular flexibility index (Phi) is 4.45. The largest absolute Gasteiger partial charge is 0.466 e. The molecule has 1 heterocycles. The van der Waals surface area contributed by atoms with Crippen LogP contribution in [0.3, 0.4) is 0 Å². The second-order valence-electron chi connectivity index (χ2n) is 7.48. The lowest BCUT2D eigenvalue weighted by Gasteiger charge is -2.29. The molecular weight excluding hydrogens is 381 g/mol. The first kappa shape index (κ1) is 18.9. The lowest BCUT2D eigenvalue weighted by Crippen LogP contribution is -2.40. The first-order valence-electron chi connectivity index (χ1n) is 9.36. The van der Waals surface area contributed by atoms with E-state index in [1.807, 2.05) is 12.1 Å². The Morgan fingerprint density at radius 3 is 2.82 bits per heavy atom. The maximum absolute atomic E-state index is 14.6. The van der Waals surface area contributed by atoms with Gasteiger partial charge in [-0.2, -0.15) is 0 Å². The minimum absolute atomic E-state index is 0.0639. The van der Waals surface area contributed by atoms with Gasteiger partial charge in [-0.05, 0) is 44.4 Å². The second-order valence-corrected chi connectivity index (χ2v) is 9.73. The molecule has 0 amide bonds. The average Bonchev–Trinajstić information content (AvgIpc) is 3.37. The summed E-state index contributed by atoms with van der Waals surface area (Å²) in [5.74, 6) is -1.28. The Morgan fingerprint density at radius 1 is 1.36 bits per heavy atom. The van der Waals surface area contributed by atoms with Crippen LogP contribution in [0.15, 0.2) is 54.5 Å². The summed E-state index contributed by atoms with van der Waals surface area (Å²) in [6, 6.07) is 7.13. The summed E-state index contributed by atoms with van der Waals surface area (Å²) in [5, 5.41) is 0.766. The topological polar surface area (TPSA) is 65.4 Å². The van der Waals surface area contributed by atoms with Gasteiger partial charge in [-0.3, -0.25) is 4.79 Å². The van der Waals surface area contributed by atoms with Gasteiger partial charge in [0.15, 0.2) is 0 Å². The van der Waals surface area contributed by atoms with E-state index < -0.39 is 20.6 Å². The first-order chi connectivity index (χ1) is 13.3. The van der Waals surface area contributed by atoms with Gasteiger partial charge in [-0.15, -0.1) is 0 Å². The minimum atomic E-state index is -4.06. The molecule has 1 unspecified atom stereocenters. The third-order valence-electron chi connectivity index (χ3n) is 5.71. The fourth-order valence-corrected chi connectivity index (χ4v) is 5.61. The number of fused-ring (bicyclic) bond motifs is 1. The predicted octanol–water partition coefficient (Wildman–Crippen LogP) is 4.06. The van der Waals surface area contributed by atoms with Crippen LogP contribution in [0.1, 0.15) is 38.2 Å². The van der Waals surface area contributed by atoms with Crippen LogP contribution in [0, 0.1) is 5.92 Å². The van der Waals surface area contributed by atoms with E-state index in [-0.39, 0.29) is 24.2 Å². The van der Waals surface area contributed by atoms with Crippen molar-refractivity contribution in [1.82, 2.24) is 3.97 Å². The number of ether oxygens (including phenoxy) is 1. The van der Waals surface area contributed by atoms with Gasteiger partial charge in [0.25, 0.3) is 10.0 Å². The summed E-state index contributed by atoms with van der Waals surface area (Å²) in [7, 11) is -4.06. The molecule has 148 valence electrons. The molecule has 1 saturated carbocycles. The average molecular weight is 403 g/mol. The number of esters is 1. The highest BCUT2D eigenvalue weighted by Crippen LogP contribution is 2.51. The molecule has 0 spiro atoms. The number of para-hydroxylation sites is 1. The highest BCUT2D eigenvalue weighted by Gasteiger charge is 2.49. The molecule has 0 saturated heterocycles. The van der Waals surface area contributed by atoms with Gasteiger partial charge >= 0.3 is 5.97 Å². The molecule has 5 nitrogen and oxygen atoms in total. The van der Waals surface area contributed by atoms with Crippen molar-refractivity contribution in [3.8, 4) is 0 Å². The normalized spacial score (nSPS) is 26.9. The summed E-state index contributed by atoms with van der Waals surface area (Å²) in [6.45, 7) is 3.48. The minimum Gasteiger partial charge on any atom is -0.466 e. The van der Waals surface area contributed by atoms with Crippen LogP contribution in [0.2, 0.25) is 0 Å². The van der Waals surface area contributed by atoms with E-state index in [1.54, 1.807) is 31.3 Å². The van der Waals surface area contributed by atoms with Gasteiger partial charge in [0, 0.05) is 17.5 Å². The first-order valence-corrected chi connectivity index (χ1v) is 10.8. The third-order valence-corrected chi connectivity index (χ3v) is 8.03. The van der Waals surface area contributed by atoms with E-state index in [4.69, 9.17) is 4.74 Å². The highest BCUT2D eigenvalue weighted by atomic mass is 32.2. The van der Waals surface area contributed by atoms with Crippen LogP contribution >= 0.6 is 0 Å². The smallest absolute Gasteiger partial charge is 0.309 e. The summed E-state index contributed by atoms with van der Waals surface area (Å²) in [6.07, 6.45) is 6.63. The zero-order valence-electron chi connectivity index (χ0n) is 15.8. The highest BCUT2D eigenvalue weighted by molar-refractivity contribution is 7.91. The Bertz CT molecular complexity index is 1110. The molecule has 1 aromatic carbocycles. The number of allylic oxidation sites excluding steroid dienone is 3. The molecule has 0 N–H and O–H groups in total. The molecule has 2 aliphatic carbocycles. The van der Waals surface area contributed by atoms with Crippen molar-refractivity contribution >= 4 is 26.9 Å². The fourth-order valence-electron chi connectivity index (χ4n) is 3.88. The Labute approximate surface area is 163 Å². The molecule has 4 rings (SSSR count). The van der Waals surface area contributed by atoms with Gasteiger partial charge < -0.3 is 4.74 Å². The van der Waals surface area contributed by atoms with Crippen LogP contribution in [0.25, 0.3) is 10.9 Å². The van der Waals surface area contributed by atoms with Gasteiger partial charge in [0.05, 0.1) is 18.0 Å². The monoisotopic (exact) mass is 403 g/mol. The SMILES string of the molecule is CCOC(=O)[C@@H]1C[C@H]1c1cn(S(=O)(=O)C2(C)CC=CC=C2F)c2ccccc12. The Hall–Kier alpha value is -2.41. The Morgan fingerprint density at radius 2 is 2.11 bits per heavy atom. The molecule has 1 aromatic heterocycles. The maximum Gasteiger partial charge on any atom is 0.309 e. The molecule has 2 aromatic rings. The van der Waals surface area contributed by atoms with E-state index in [9.17, 15) is 17.6 Å². The second kappa shape index (κ2) is 6.58. The molecule has 1 fully saturated rings. The molecule has 0 radical (unpaired) electrons. The van der Waals surface area contributed by atoms with E-state index in [0.717, 1.165) is 10.9 Å². The van der Waals surface area contributed by atoms with Gasteiger partial charge in [-0.25, -0.2) is 16.8 Å². The molecule has 0 aliphatic heterocycles. The number of halogens is 1. The molecule has 0 bridgehead atoms. The number of hydrogen-bond donors (Lipinski definition) is 0. The quantitative estimate of drug-likeness (QED) is 0.707. The van der Waals surface area contributed by atoms with Crippen LogP contribution in [-0.2, 0) is 19.6 Å². The van der Waals surface area contributed by atoms with Crippen molar-refractivity contribution in [2.24, 2.45) is 5.92 Å². The van der Waals surface area contributed by atoms with E-state index in [2.05, 4.69) is 0 Å². The summed E-state index contributed by atoms with van der Waals surface area (Å²) >= 11 is 0. The van der Waals surface area contributed by atoms with Crippen LogP contribution in [0.4, 0.5) is 4.39 Å². The third kappa shape index (κ3) is 2.71. The number of carbonyl (C=O) groups excluding carboxylic acids is 1. The number of carbonyl (C=O) groups is 1. The van der Waals surface area contributed by atoms with Crippen molar-refractivity contribution in [1.29, 1.82) is 0 Å². The van der Waals surface area contributed by atoms with Gasteiger partial charge in [-0.1, -0.05) is 30.4 Å². The lowest BCUT2D eigenvalue weighted by atomic mass is 10.0. The zero-order chi connectivity index (χ0) is 20.1. The van der Waals surface area contributed by atoms with Crippen molar-refractivity contribution in [2.45, 2.75) is 37.4 Å². The molecule has 2 aliphatic rings. The number of hydrogen-bond acceptors (Lipinski definition) is 4. The number of nitrogens with zero attached hydrogens (tertiary/aromatic N) is 1. The van der Waals surface area contributed by atoms with Crippen LogP contribution in [0.5, 0.6) is 0 Å². The molecule has 28 heavy (non-hydrogen) atoms. The number of aromatic nitrogens is 1. The van der Waals surface area contributed by atoms with E-state index in [0.29, 0.717) is 18.5 Å². The van der Waals surface area contributed by atoms with Crippen molar-refractivity contribution < 1.29 is 22.3 Å². The maximum atomic E-state index is 14.6. The molecule has 3 atom stereocenters. The van der Waals surface area contributed by atoms with Crippen molar-refractivity contribution in [3.63, 3.8) is 0 Å². The zero-order valence-corrected chi connectivity index (χ0v) is 16.6. The van der Waals surface area contributed by atoms with Crippen molar-refractivity contribution in [2.75, 3.05) is 6.61 Å². The summed E-state index contributed by atoms with van der Waals surface area (Å²) < 4.78 is 46.2. The van der Waals surface area contributed by atoms with Gasteiger partial charge in [0.1, 0.15) is 10.6 Å². The molecule has 7 heteroatoms. The van der Waals surface area contributed by atoms with E-state index in [1.165, 1.54) is 23.0 Å². The van der Waals surface area contributed by atoms with Gasteiger partial charge in [0.2, 0.25) is 0 Å². The van der Waals surface area contributed by atoms with Crippen LogP contribution < -0.4 is 0 Å².